The number of nitrogens with one attached hydrogen (secondary N) is 3. The second-order valence-electron chi connectivity index (χ2n) is 10.7. The van der Waals surface area contributed by atoms with Crippen LogP contribution >= 0.6 is 12.4 Å². The summed E-state index contributed by atoms with van der Waals surface area (Å²) < 4.78 is 26.2. The number of hydrogen-bond acceptors (Lipinski definition) is 6. The molecule has 12 heteroatoms. The zero-order valence-electron chi connectivity index (χ0n) is 23.4. The third-order valence-electron chi connectivity index (χ3n) is 7.90. The summed E-state index contributed by atoms with van der Waals surface area (Å²) in [5.41, 5.74) is 7.78. The summed E-state index contributed by atoms with van der Waals surface area (Å²) in [5.74, 6) is -1.60. The molecule has 41 heavy (non-hydrogen) atoms. The van der Waals surface area contributed by atoms with Gasteiger partial charge < -0.3 is 21.3 Å². The van der Waals surface area contributed by atoms with Crippen molar-refractivity contribution < 1.29 is 22.8 Å². The topological polar surface area (TPSA) is 151 Å². The number of benzene rings is 2. The zero-order chi connectivity index (χ0) is 28.9. The molecule has 0 spiro atoms. The molecule has 2 aliphatic heterocycles. The fraction of sp³-hybridized carbons (Fsp3) is 0.483. The van der Waals surface area contributed by atoms with Crippen LogP contribution < -0.4 is 21.1 Å². The van der Waals surface area contributed by atoms with Crippen molar-refractivity contribution >= 4 is 40.2 Å². The highest BCUT2D eigenvalue weighted by Gasteiger charge is 2.48. The summed E-state index contributed by atoms with van der Waals surface area (Å²) >= 11 is 0. The van der Waals surface area contributed by atoms with Crippen molar-refractivity contribution in [1.82, 2.24) is 20.3 Å². The molecule has 2 aromatic carbocycles. The van der Waals surface area contributed by atoms with Crippen LogP contribution in [0.25, 0.3) is 0 Å². The van der Waals surface area contributed by atoms with Crippen molar-refractivity contribution in [2.45, 2.75) is 69.2 Å². The van der Waals surface area contributed by atoms with Crippen molar-refractivity contribution in [2.24, 2.45) is 11.7 Å². The Morgan fingerprint density at radius 2 is 1.54 bits per heavy atom. The van der Waals surface area contributed by atoms with Gasteiger partial charge in [0.2, 0.25) is 27.7 Å². The fourth-order valence-electron chi connectivity index (χ4n) is 5.68. The molecule has 0 bridgehead atoms. The van der Waals surface area contributed by atoms with Crippen LogP contribution in [0, 0.1) is 5.92 Å². The third-order valence-corrected chi connectivity index (χ3v) is 8.59. The van der Waals surface area contributed by atoms with Gasteiger partial charge in [-0.1, -0.05) is 67.6 Å². The minimum atomic E-state index is -3.51. The van der Waals surface area contributed by atoms with Crippen molar-refractivity contribution in [3.05, 3.63) is 71.8 Å². The van der Waals surface area contributed by atoms with Crippen molar-refractivity contribution in [3.8, 4) is 0 Å². The summed E-state index contributed by atoms with van der Waals surface area (Å²) in [5, 5.41) is 5.96. The molecule has 3 amide bonds. The minimum absolute atomic E-state index is 0. The Hall–Kier alpha value is -2.99. The number of fused-ring (bicyclic) bond motifs is 1. The van der Waals surface area contributed by atoms with E-state index in [0.29, 0.717) is 32.1 Å². The summed E-state index contributed by atoms with van der Waals surface area (Å²) in [6.45, 7) is 1.77. The first kappa shape index (κ1) is 32.5. The Kier molecular flexibility index (Phi) is 11.3. The van der Waals surface area contributed by atoms with Gasteiger partial charge >= 0.3 is 0 Å². The number of carbonyl (C=O) groups is 3. The average molecular weight is 606 g/mol. The molecule has 2 heterocycles. The molecule has 0 aromatic heterocycles. The quantitative estimate of drug-likeness (QED) is 0.325. The van der Waals surface area contributed by atoms with Crippen molar-refractivity contribution in [2.75, 3.05) is 12.8 Å². The first-order valence-electron chi connectivity index (χ1n) is 13.8. The van der Waals surface area contributed by atoms with Gasteiger partial charge in [-0.05, 0) is 43.2 Å². The van der Waals surface area contributed by atoms with Crippen molar-refractivity contribution in [3.63, 3.8) is 0 Å². The highest BCUT2D eigenvalue weighted by Crippen LogP contribution is 2.35. The molecule has 2 aromatic rings. The molecular weight excluding hydrogens is 566 g/mol. The van der Waals surface area contributed by atoms with E-state index in [1.165, 1.54) is 0 Å². The summed E-state index contributed by atoms with van der Waals surface area (Å²) in [4.78, 5) is 42.3. The lowest BCUT2D eigenvalue weighted by Crippen LogP contribution is -2.59. The molecule has 0 saturated carbocycles. The molecule has 5 atom stereocenters. The predicted octanol–water partition coefficient (Wildman–Crippen LogP) is 1.85. The second-order valence-corrected chi connectivity index (χ2v) is 12.5. The maximum atomic E-state index is 14.1. The van der Waals surface area contributed by atoms with E-state index in [1.807, 2.05) is 60.7 Å². The van der Waals surface area contributed by atoms with Gasteiger partial charge in [0.1, 0.15) is 12.1 Å². The molecule has 5 N–H and O–H groups in total. The molecular formula is C29H40ClN5O5S. The maximum absolute atomic E-state index is 14.1. The Labute approximate surface area is 248 Å². The van der Waals surface area contributed by atoms with E-state index in [9.17, 15) is 22.8 Å². The van der Waals surface area contributed by atoms with E-state index < -0.39 is 46.0 Å². The number of rotatable bonds is 10. The highest BCUT2D eigenvalue weighted by atomic mass is 35.5. The van der Waals surface area contributed by atoms with E-state index in [0.717, 1.165) is 17.4 Å². The normalized spacial score (nSPS) is 23.2. The maximum Gasteiger partial charge on any atom is 0.246 e. The molecule has 0 unspecified atom stereocenters. The third kappa shape index (κ3) is 8.06. The van der Waals surface area contributed by atoms with E-state index >= 15 is 0 Å². The number of carbonyl (C=O) groups excluding carboxylic acids is 3. The van der Waals surface area contributed by atoms with Crippen LogP contribution in [-0.4, -0.2) is 68.0 Å². The number of hydrogen-bond donors (Lipinski definition) is 4. The molecule has 0 aliphatic carbocycles. The van der Waals surface area contributed by atoms with Gasteiger partial charge in [0.25, 0.3) is 0 Å². The van der Waals surface area contributed by atoms with E-state index in [2.05, 4.69) is 15.4 Å². The molecule has 2 aliphatic rings. The van der Waals surface area contributed by atoms with Crippen LogP contribution in [0.5, 0.6) is 0 Å². The molecule has 0 radical (unpaired) electrons. The van der Waals surface area contributed by atoms with Crippen LogP contribution in [-0.2, 0) is 24.4 Å². The smallest absolute Gasteiger partial charge is 0.246 e. The van der Waals surface area contributed by atoms with Crippen LogP contribution in [0.4, 0.5) is 0 Å². The Balaban J connectivity index is 0.00000462. The van der Waals surface area contributed by atoms with E-state index in [1.54, 1.807) is 11.8 Å². The lowest BCUT2D eigenvalue weighted by Gasteiger charge is -2.33. The van der Waals surface area contributed by atoms with Gasteiger partial charge in [0.15, 0.2) is 0 Å². The van der Waals surface area contributed by atoms with Crippen LogP contribution in [0.1, 0.15) is 56.2 Å². The minimum Gasteiger partial charge on any atom is -0.343 e. The van der Waals surface area contributed by atoms with Crippen LogP contribution in [0.15, 0.2) is 60.7 Å². The largest absolute Gasteiger partial charge is 0.343 e. The Morgan fingerprint density at radius 1 is 0.976 bits per heavy atom. The van der Waals surface area contributed by atoms with Crippen molar-refractivity contribution in [1.29, 1.82) is 0 Å². The first-order chi connectivity index (χ1) is 19.1. The Bertz CT molecular complexity index is 1260. The van der Waals surface area contributed by atoms with Gasteiger partial charge in [-0.3, -0.25) is 14.4 Å². The molecule has 4 rings (SSSR count). The summed E-state index contributed by atoms with van der Waals surface area (Å²) in [7, 11) is -3.51. The van der Waals surface area contributed by atoms with Gasteiger partial charge in [-0.2, -0.15) is 0 Å². The zero-order valence-corrected chi connectivity index (χ0v) is 25.0. The first-order valence-corrected chi connectivity index (χ1v) is 15.7. The van der Waals surface area contributed by atoms with Gasteiger partial charge in [0.05, 0.1) is 18.3 Å². The lowest BCUT2D eigenvalue weighted by atomic mass is 9.93. The number of halogens is 1. The Morgan fingerprint density at radius 3 is 2.07 bits per heavy atom. The highest BCUT2D eigenvalue weighted by molar-refractivity contribution is 7.88. The van der Waals surface area contributed by atoms with Crippen LogP contribution in [0.2, 0.25) is 0 Å². The average Bonchev–Trinajstić information content (AvgIpc) is 3.33. The molecule has 224 valence electrons. The number of nitrogens with zero attached hydrogens (tertiary/aromatic N) is 1. The second kappa shape index (κ2) is 14.3. The van der Waals surface area contributed by atoms with Crippen LogP contribution in [0.3, 0.4) is 0 Å². The molecule has 2 fully saturated rings. The van der Waals surface area contributed by atoms with Gasteiger partial charge in [-0.25, -0.2) is 13.1 Å². The van der Waals surface area contributed by atoms with E-state index in [4.69, 9.17) is 5.73 Å². The fourth-order valence-corrected chi connectivity index (χ4v) is 6.20. The van der Waals surface area contributed by atoms with Gasteiger partial charge in [0, 0.05) is 18.5 Å². The number of nitrogens with two attached hydrogens (primary N) is 1. The summed E-state index contributed by atoms with van der Waals surface area (Å²) in [6, 6.07) is 16.2. The summed E-state index contributed by atoms with van der Waals surface area (Å²) in [6.07, 6.45) is 3.69. The SMILES string of the molecule is CC[C@H](N)C(=O)N[C@@H]1C(=O)N2[C@@H](CC[C@@H]1CNS(C)(=O)=O)CC[C@H]2C(=O)NC(c1ccccc1)c1ccccc1.Cl. The number of sulfonamides is 1. The number of amides is 3. The van der Waals surface area contributed by atoms with E-state index in [-0.39, 0.29) is 36.8 Å². The standard InChI is InChI=1S/C29H39N5O5S.ClH/c1-3-23(30)27(35)33-26-21(18-31-40(2,38)39)14-15-22-16-17-24(34(22)29(26)37)28(36)32-25(19-10-6-4-7-11-19)20-12-8-5-9-13-20;/h4-13,21-26,31H,3,14-18,30H2,1-2H3,(H,32,36)(H,33,35);1H/t21-,22+,23+,24+,26+;/m1./s1. The molecule has 2 saturated heterocycles. The molecule has 10 nitrogen and oxygen atoms in total. The predicted molar refractivity (Wildman–Crippen MR) is 160 cm³/mol. The van der Waals surface area contributed by atoms with Gasteiger partial charge in [-0.15, -0.1) is 12.4 Å². The lowest BCUT2D eigenvalue weighted by molar-refractivity contribution is -0.143. The monoisotopic (exact) mass is 605 g/mol.